The molecule has 7 heteroatoms. The molecule has 2 aromatic rings. The van der Waals surface area contributed by atoms with E-state index >= 15 is 0 Å². The molecule has 0 aliphatic rings. The number of carbonyl (C=O) groups excluding carboxylic acids is 2. The average Bonchev–Trinajstić information content (AvgIpc) is 2.56. The van der Waals surface area contributed by atoms with Gasteiger partial charge in [-0.25, -0.2) is 8.42 Å². The van der Waals surface area contributed by atoms with E-state index in [1.54, 1.807) is 18.2 Å². The molecule has 0 radical (unpaired) electrons. The van der Waals surface area contributed by atoms with Crippen molar-refractivity contribution in [1.82, 2.24) is 0 Å². The van der Waals surface area contributed by atoms with E-state index in [0.29, 0.717) is 16.9 Å². The molecule has 0 aliphatic carbocycles. The molecule has 0 aliphatic heterocycles. The summed E-state index contributed by atoms with van der Waals surface area (Å²) in [6, 6.07) is 11.6. The molecular formula is C19H22N2O4S. The van der Waals surface area contributed by atoms with Gasteiger partial charge in [0.25, 0.3) is 0 Å². The lowest BCUT2D eigenvalue weighted by molar-refractivity contribution is -0.114. The SMILES string of the molecule is CC(=O)c1ccc(N(CC(=O)Nc2cccc(C)c2C)S(C)(=O)=O)cc1. The zero-order valence-corrected chi connectivity index (χ0v) is 16.1. The van der Waals surface area contributed by atoms with Crippen molar-refractivity contribution in [2.75, 3.05) is 22.4 Å². The summed E-state index contributed by atoms with van der Waals surface area (Å²) in [5.41, 5.74) is 3.41. The molecule has 1 amide bonds. The summed E-state index contributed by atoms with van der Waals surface area (Å²) in [7, 11) is -3.67. The summed E-state index contributed by atoms with van der Waals surface area (Å²) in [5, 5.41) is 2.75. The smallest absolute Gasteiger partial charge is 0.245 e. The third-order valence-corrected chi connectivity index (χ3v) is 5.27. The first-order valence-electron chi connectivity index (χ1n) is 8.04. The van der Waals surface area contributed by atoms with Gasteiger partial charge in [0.1, 0.15) is 6.54 Å². The van der Waals surface area contributed by atoms with E-state index in [2.05, 4.69) is 5.32 Å². The van der Waals surface area contributed by atoms with E-state index < -0.39 is 15.9 Å². The van der Waals surface area contributed by atoms with E-state index in [4.69, 9.17) is 0 Å². The first-order valence-corrected chi connectivity index (χ1v) is 9.89. The number of nitrogens with one attached hydrogen (secondary N) is 1. The van der Waals surface area contributed by atoms with E-state index in [1.165, 1.54) is 19.1 Å². The molecule has 138 valence electrons. The van der Waals surface area contributed by atoms with Crippen molar-refractivity contribution in [2.24, 2.45) is 0 Å². The van der Waals surface area contributed by atoms with Crippen molar-refractivity contribution in [1.29, 1.82) is 0 Å². The lowest BCUT2D eigenvalue weighted by Crippen LogP contribution is -2.37. The van der Waals surface area contributed by atoms with Gasteiger partial charge >= 0.3 is 0 Å². The topological polar surface area (TPSA) is 83.6 Å². The van der Waals surface area contributed by atoms with Crippen molar-refractivity contribution in [3.63, 3.8) is 0 Å². The van der Waals surface area contributed by atoms with Gasteiger partial charge in [-0.3, -0.25) is 13.9 Å². The molecular weight excluding hydrogens is 352 g/mol. The summed E-state index contributed by atoms with van der Waals surface area (Å²) in [4.78, 5) is 23.8. The summed E-state index contributed by atoms with van der Waals surface area (Å²) in [5.74, 6) is -0.560. The van der Waals surface area contributed by atoms with Gasteiger partial charge in [0.2, 0.25) is 15.9 Å². The minimum absolute atomic E-state index is 0.116. The van der Waals surface area contributed by atoms with Gasteiger partial charge in [-0.2, -0.15) is 0 Å². The fourth-order valence-electron chi connectivity index (χ4n) is 2.47. The number of Topliss-reactive ketones (excluding diaryl/α,β-unsaturated/α-hetero) is 1. The molecule has 0 fully saturated rings. The van der Waals surface area contributed by atoms with E-state index in [0.717, 1.165) is 21.7 Å². The van der Waals surface area contributed by atoms with Crippen LogP contribution in [0.5, 0.6) is 0 Å². The maximum absolute atomic E-state index is 12.4. The van der Waals surface area contributed by atoms with Crippen LogP contribution in [0.1, 0.15) is 28.4 Å². The Morgan fingerprint density at radius 2 is 1.65 bits per heavy atom. The van der Waals surface area contributed by atoms with Crippen LogP contribution in [0.25, 0.3) is 0 Å². The lowest BCUT2D eigenvalue weighted by atomic mass is 10.1. The summed E-state index contributed by atoms with van der Waals surface area (Å²) >= 11 is 0. The Kier molecular flexibility index (Phi) is 5.82. The molecule has 1 N–H and O–H groups in total. The largest absolute Gasteiger partial charge is 0.324 e. The second kappa shape index (κ2) is 7.70. The Balaban J connectivity index is 2.24. The van der Waals surface area contributed by atoms with Crippen molar-refractivity contribution in [2.45, 2.75) is 20.8 Å². The molecule has 0 spiro atoms. The van der Waals surface area contributed by atoms with Gasteiger partial charge in [0, 0.05) is 11.3 Å². The van der Waals surface area contributed by atoms with Crippen LogP contribution in [-0.4, -0.2) is 32.9 Å². The van der Waals surface area contributed by atoms with Crippen LogP contribution in [-0.2, 0) is 14.8 Å². The fourth-order valence-corrected chi connectivity index (χ4v) is 3.33. The van der Waals surface area contributed by atoms with E-state index in [1.807, 2.05) is 26.0 Å². The predicted molar refractivity (Wildman–Crippen MR) is 103 cm³/mol. The Hall–Kier alpha value is -2.67. The number of rotatable bonds is 6. The van der Waals surface area contributed by atoms with Gasteiger partial charge < -0.3 is 5.32 Å². The highest BCUT2D eigenvalue weighted by molar-refractivity contribution is 7.92. The Morgan fingerprint density at radius 1 is 1.04 bits per heavy atom. The van der Waals surface area contributed by atoms with E-state index in [9.17, 15) is 18.0 Å². The molecule has 0 atom stereocenters. The molecule has 0 saturated carbocycles. The van der Waals surface area contributed by atoms with Crippen LogP contribution in [0.2, 0.25) is 0 Å². The molecule has 0 bridgehead atoms. The second-order valence-corrected chi connectivity index (χ2v) is 8.08. The average molecular weight is 374 g/mol. The third kappa shape index (κ3) is 4.70. The van der Waals surface area contributed by atoms with Crippen LogP contribution in [0.15, 0.2) is 42.5 Å². The molecule has 0 heterocycles. The molecule has 26 heavy (non-hydrogen) atoms. The van der Waals surface area contributed by atoms with E-state index in [-0.39, 0.29) is 12.3 Å². The van der Waals surface area contributed by atoms with Crippen molar-refractivity contribution < 1.29 is 18.0 Å². The number of nitrogens with zero attached hydrogens (tertiary/aromatic N) is 1. The maximum Gasteiger partial charge on any atom is 0.245 e. The van der Waals surface area contributed by atoms with Crippen LogP contribution in [0.3, 0.4) is 0 Å². The van der Waals surface area contributed by atoms with Crippen molar-refractivity contribution in [3.8, 4) is 0 Å². The quantitative estimate of drug-likeness (QED) is 0.788. The molecule has 0 unspecified atom stereocenters. The second-order valence-electron chi connectivity index (χ2n) is 6.17. The zero-order chi connectivity index (χ0) is 19.5. The number of aryl methyl sites for hydroxylation is 1. The molecule has 0 saturated heterocycles. The monoisotopic (exact) mass is 374 g/mol. The highest BCUT2D eigenvalue weighted by atomic mass is 32.2. The van der Waals surface area contributed by atoms with Gasteiger partial charge in [-0.15, -0.1) is 0 Å². The minimum Gasteiger partial charge on any atom is -0.324 e. The molecule has 2 rings (SSSR count). The number of amides is 1. The zero-order valence-electron chi connectivity index (χ0n) is 15.2. The standard InChI is InChI=1S/C19H22N2O4S/c1-13-6-5-7-18(14(13)2)20-19(23)12-21(26(4,24)25)17-10-8-16(9-11-17)15(3)22/h5-11H,12H2,1-4H3,(H,20,23). The van der Waals surface area contributed by atoms with Crippen LogP contribution < -0.4 is 9.62 Å². The van der Waals surface area contributed by atoms with Crippen molar-refractivity contribution in [3.05, 3.63) is 59.2 Å². The number of sulfonamides is 1. The Labute approximate surface area is 153 Å². The number of anilines is 2. The van der Waals surface area contributed by atoms with Gasteiger partial charge in [-0.1, -0.05) is 12.1 Å². The number of benzene rings is 2. The summed E-state index contributed by atoms with van der Waals surface area (Å²) < 4.78 is 25.3. The van der Waals surface area contributed by atoms with Crippen LogP contribution in [0, 0.1) is 13.8 Å². The lowest BCUT2D eigenvalue weighted by Gasteiger charge is -2.22. The molecule has 2 aromatic carbocycles. The molecule has 6 nitrogen and oxygen atoms in total. The number of hydrogen-bond donors (Lipinski definition) is 1. The first kappa shape index (κ1) is 19.7. The van der Waals surface area contributed by atoms with Crippen LogP contribution >= 0.6 is 0 Å². The third-order valence-electron chi connectivity index (χ3n) is 4.13. The number of hydrogen-bond acceptors (Lipinski definition) is 4. The first-order chi connectivity index (χ1) is 12.1. The minimum atomic E-state index is -3.67. The Bertz CT molecular complexity index is 935. The number of ketones is 1. The van der Waals surface area contributed by atoms with Gasteiger partial charge in [0.15, 0.2) is 5.78 Å². The Morgan fingerprint density at radius 3 is 2.19 bits per heavy atom. The van der Waals surface area contributed by atoms with Crippen LogP contribution in [0.4, 0.5) is 11.4 Å². The maximum atomic E-state index is 12.4. The highest BCUT2D eigenvalue weighted by Gasteiger charge is 2.21. The highest BCUT2D eigenvalue weighted by Crippen LogP contribution is 2.20. The summed E-state index contributed by atoms with van der Waals surface area (Å²) in [6.07, 6.45) is 1.04. The van der Waals surface area contributed by atoms with Gasteiger partial charge in [0.05, 0.1) is 11.9 Å². The van der Waals surface area contributed by atoms with Crippen molar-refractivity contribution >= 4 is 33.1 Å². The van der Waals surface area contributed by atoms with Gasteiger partial charge in [-0.05, 0) is 62.2 Å². The normalized spacial score (nSPS) is 11.1. The predicted octanol–water partition coefficient (Wildman–Crippen LogP) is 2.91. The molecule has 0 aromatic heterocycles. The summed E-state index contributed by atoms with van der Waals surface area (Å²) in [6.45, 7) is 4.90. The number of carbonyl (C=O) groups is 2. The fraction of sp³-hybridized carbons (Fsp3) is 0.263.